The molecule has 1 aromatic rings. The fourth-order valence-corrected chi connectivity index (χ4v) is 5.54. The molecule has 3 aliphatic carbocycles. The quantitative estimate of drug-likeness (QED) is 0.370. The number of hydrogen-bond donors (Lipinski definition) is 0. The van der Waals surface area contributed by atoms with E-state index in [1.807, 2.05) is 0 Å². The van der Waals surface area contributed by atoms with E-state index in [0.717, 1.165) is 25.1 Å². The van der Waals surface area contributed by atoms with Gasteiger partial charge in [0.2, 0.25) is 0 Å². The minimum absolute atomic E-state index is 0.344. The molecule has 0 spiro atoms. The summed E-state index contributed by atoms with van der Waals surface area (Å²) in [5.41, 5.74) is 6.89. The summed E-state index contributed by atoms with van der Waals surface area (Å²) in [6, 6.07) is 0.344. The van der Waals surface area contributed by atoms with Crippen LogP contribution in [0, 0.1) is 11.8 Å². The van der Waals surface area contributed by atoms with Gasteiger partial charge in [-0.15, -0.1) is 0 Å². The molecule has 174 valence electrons. The van der Waals surface area contributed by atoms with E-state index in [0.29, 0.717) is 17.9 Å². The lowest BCUT2D eigenvalue weighted by Gasteiger charge is -2.28. The summed E-state index contributed by atoms with van der Waals surface area (Å²) in [7, 11) is 0. The minimum atomic E-state index is 0.344. The fraction of sp³-hybridized carbons (Fsp3) is 0.452. The Morgan fingerprint density at radius 3 is 2.67 bits per heavy atom. The van der Waals surface area contributed by atoms with Crippen molar-refractivity contribution in [1.29, 1.82) is 0 Å². The van der Waals surface area contributed by atoms with Gasteiger partial charge in [-0.2, -0.15) is 0 Å². The highest BCUT2D eigenvalue weighted by molar-refractivity contribution is 5.65. The summed E-state index contributed by atoms with van der Waals surface area (Å²) < 4.78 is 2.46. The van der Waals surface area contributed by atoms with E-state index in [1.54, 1.807) is 5.57 Å². The van der Waals surface area contributed by atoms with Crippen LogP contribution < -0.4 is 0 Å². The van der Waals surface area contributed by atoms with E-state index in [-0.39, 0.29) is 0 Å². The average Bonchev–Trinajstić information content (AvgIpc) is 3.26. The molecule has 2 unspecified atom stereocenters. The first-order valence-corrected chi connectivity index (χ1v) is 12.9. The highest BCUT2D eigenvalue weighted by Crippen LogP contribution is 2.35. The lowest BCUT2D eigenvalue weighted by Crippen LogP contribution is -2.16. The van der Waals surface area contributed by atoms with Crippen molar-refractivity contribution in [3.05, 3.63) is 89.1 Å². The summed E-state index contributed by atoms with van der Waals surface area (Å²) >= 11 is 0. The van der Waals surface area contributed by atoms with Gasteiger partial charge in [0.25, 0.3) is 0 Å². The van der Waals surface area contributed by atoms with Gasteiger partial charge in [0.15, 0.2) is 0 Å². The molecule has 2 nitrogen and oxygen atoms in total. The summed E-state index contributed by atoms with van der Waals surface area (Å²) in [5, 5.41) is 0. The van der Waals surface area contributed by atoms with E-state index >= 15 is 0 Å². The molecule has 0 amide bonds. The molecular weight excluding hydrogens is 400 g/mol. The monoisotopic (exact) mass is 440 g/mol. The Balaban J connectivity index is 1.63. The van der Waals surface area contributed by atoms with E-state index in [9.17, 15) is 0 Å². The smallest absolute Gasteiger partial charge is 0.136 e. The molecule has 0 aliphatic heterocycles. The summed E-state index contributed by atoms with van der Waals surface area (Å²) in [4.78, 5) is 5.13. The molecule has 0 radical (unpaired) electrons. The van der Waals surface area contributed by atoms with Crippen molar-refractivity contribution in [2.24, 2.45) is 11.8 Å². The number of aryl methyl sites for hydroxylation is 1. The maximum absolute atomic E-state index is 5.13. The second-order valence-electron chi connectivity index (χ2n) is 9.85. The van der Waals surface area contributed by atoms with E-state index in [2.05, 4.69) is 99.1 Å². The molecule has 0 bridgehead atoms. The number of allylic oxidation sites excluding steroid dienone is 13. The van der Waals surface area contributed by atoms with Gasteiger partial charge >= 0.3 is 0 Å². The third-order valence-electron chi connectivity index (χ3n) is 7.51. The second kappa shape index (κ2) is 11.0. The maximum Gasteiger partial charge on any atom is 0.136 e. The van der Waals surface area contributed by atoms with Crippen LogP contribution in [-0.4, -0.2) is 9.55 Å². The molecule has 4 rings (SSSR count). The lowest BCUT2D eigenvalue weighted by molar-refractivity contribution is 0.420. The van der Waals surface area contributed by atoms with Gasteiger partial charge < -0.3 is 4.57 Å². The Morgan fingerprint density at radius 1 is 1.09 bits per heavy atom. The lowest BCUT2D eigenvalue weighted by atomic mass is 9.77. The zero-order valence-corrected chi connectivity index (χ0v) is 20.9. The van der Waals surface area contributed by atoms with Crippen LogP contribution in [0.2, 0.25) is 0 Å². The van der Waals surface area contributed by atoms with Gasteiger partial charge in [0.1, 0.15) is 5.82 Å². The number of nitrogens with zero attached hydrogens (tertiary/aromatic N) is 2. The van der Waals surface area contributed by atoms with Gasteiger partial charge in [-0.3, -0.25) is 0 Å². The number of rotatable bonds is 8. The number of hydrogen-bond acceptors (Lipinski definition) is 1. The minimum Gasteiger partial charge on any atom is -0.317 e. The SMILES string of the molecule is CCCC(/C(C)=C/C=C(\C)c1nc2c(n1C1C=CC=CC1)C=CCC2)[C@@H](C)C1=CC=CCC1. The molecule has 0 saturated carbocycles. The molecule has 0 N–H and O–H groups in total. The van der Waals surface area contributed by atoms with Crippen molar-refractivity contribution in [2.75, 3.05) is 0 Å². The molecular formula is C31H40N2. The number of imidazole rings is 1. The molecule has 0 fully saturated rings. The zero-order valence-electron chi connectivity index (χ0n) is 20.9. The van der Waals surface area contributed by atoms with E-state index in [1.165, 1.54) is 48.2 Å². The van der Waals surface area contributed by atoms with Crippen molar-refractivity contribution in [1.82, 2.24) is 9.55 Å². The van der Waals surface area contributed by atoms with Crippen molar-refractivity contribution < 1.29 is 0 Å². The van der Waals surface area contributed by atoms with Crippen LogP contribution in [0.25, 0.3) is 11.6 Å². The Bertz CT molecular complexity index is 1050. The van der Waals surface area contributed by atoms with Crippen molar-refractivity contribution in [3.63, 3.8) is 0 Å². The van der Waals surface area contributed by atoms with Gasteiger partial charge in [0.05, 0.1) is 17.4 Å². The van der Waals surface area contributed by atoms with Gasteiger partial charge in [-0.1, -0.05) is 92.2 Å². The Labute approximate surface area is 200 Å². The molecule has 3 aliphatic rings. The van der Waals surface area contributed by atoms with Crippen LogP contribution in [0.15, 0.2) is 71.9 Å². The molecule has 3 atom stereocenters. The van der Waals surface area contributed by atoms with Crippen LogP contribution in [0.1, 0.15) is 89.5 Å². The first-order chi connectivity index (χ1) is 16.1. The largest absolute Gasteiger partial charge is 0.317 e. The number of fused-ring (bicyclic) bond motifs is 1. The first kappa shape index (κ1) is 23.5. The van der Waals surface area contributed by atoms with Crippen molar-refractivity contribution in [3.8, 4) is 0 Å². The molecule has 2 heteroatoms. The predicted octanol–water partition coefficient (Wildman–Crippen LogP) is 8.58. The average molecular weight is 441 g/mol. The summed E-state index contributed by atoms with van der Waals surface area (Å²) in [6.07, 6.45) is 33.1. The van der Waals surface area contributed by atoms with Crippen LogP contribution in [0.5, 0.6) is 0 Å². The normalized spacial score (nSPS) is 22.3. The van der Waals surface area contributed by atoms with Crippen LogP contribution in [0.3, 0.4) is 0 Å². The Morgan fingerprint density at radius 2 is 1.94 bits per heavy atom. The van der Waals surface area contributed by atoms with Crippen LogP contribution in [-0.2, 0) is 6.42 Å². The van der Waals surface area contributed by atoms with Crippen LogP contribution >= 0.6 is 0 Å². The first-order valence-electron chi connectivity index (χ1n) is 12.9. The van der Waals surface area contributed by atoms with Crippen molar-refractivity contribution in [2.45, 2.75) is 78.7 Å². The molecule has 33 heavy (non-hydrogen) atoms. The third kappa shape index (κ3) is 5.32. The van der Waals surface area contributed by atoms with Gasteiger partial charge in [0, 0.05) is 0 Å². The zero-order chi connectivity index (χ0) is 23.2. The maximum atomic E-state index is 5.13. The highest BCUT2D eigenvalue weighted by Gasteiger charge is 2.24. The standard InChI is InChI=1S/C31H40N2/c1-5-14-28(25(4)26-15-8-6-9-16-26)23(2)21-22-24(3)31-32-29-19-12-13-20-30(29)33(31)27-17-10-7-11-18-27/h6-8,10-11,13,15,17,20-22,25,27-28H,5,9,12,14,16,18-19H2,1-4H3/b23-21+,24-22+/t25-,27?,28?/m0/s1. The Kier molecular flexibility index (Phi) is 7.85. The topological polar surface area (TPSA) is 17.8 Å². The number of aromatic nitrogens is 2. The molecule has 1 heterocycles. The third-order valence-corrected chi connectivity index (χ3v) is 7.51. The summed E-state index contributed by atoms with van der Waals surface area (Å²) in [5.74, 6) is 2.32. The Hall–Kier alpha value is -2.61. The molecule has 0 aromatic carbocycles. The van der Waals surface area contributed by atoms with Crippen LogP contribution in [0.4, 0.5) is 0 Å². The summed E-state index contributed by atoms with van der Waals surface area (Å²) in [6.45, 7) is 9.29. The molecule has 1 aromatic heterocycles. The van der Waals surface area contributed by atoms with Gasteiger partial charge in [-0.25, -0.2) is 4.98 Å². The van der Waals surface area contributed by atoms with E-state index < -0.39 is 0 Å². The van der Waals surface area contributed by atoms with Crippen molar-refractivity contribution >= 4 is 11.6 Å². The van der Waals surface area contributed by atoms with Gasteiger partial charge in [-0.05, 0) is 75.9 Å². The molecule has 0 saturated heterocycles. The highest BCUT2D eigenvalue weighted by atomic mass is 15.1. The fourth-order valence-electron chi connectivity index (χ4n) is 5.54. The second-order valence-corrected chi connectivity index (χ2v) is 9.85. The predicted molar refractivity (Wildman–Crippen MR) is 143 cm³/mol. The van der Waals surface area contributed by atoms with E-state index in [4.69, 9.17) is 4.98 Å².